The van der Waals surface area contributed by atoms with Crippen molar-refractivity contribution in [2.45, 2.75) is 71.8 Å². The number of hydrogen-bond acceptors (Lipinski definition) is 1. The molecule has 1 nitrogen and oxygen atoms in total. The van der Waals surface area contributed by atoms with Gasteiger partial charge in [0.15, 0.2) is 0 Å². The summed E-state index contributed by atoms with van der Waals surface area (Å²) < 4.78 is 0. The highest BCUT2D eigenvalue weighted by Gasteiger charge is 2.75. The van der Waals surface area contributed by atoms with E-state index in [1.54, 1.807) is 0 Å². The summed E-state index contributed by atoms with van der Waals surface area (Å²) in [5.41, 5.74) is 0.743. The third-order valence-corrected chi connectivity index (χ3v) is 6.69. The molecule has 1 N–H and O–H groups in total. The van der Waals surface area contributed by atoms with Crippen molar-refractivity contribution in [2.75, 3.05) is 0 Å². The molecule has 0 aliphatic heterocycles. The van der Waals surface area contributed by atoms with Gasteiger partial charge in [-0.2, -0.15) is 0 Å². The number of hydrogen-bond donors (Lipinski definition) is 1. The Balaban J connectivity index is 2.08. The average molecular weight is 222 g/mol. The van der Waals surface area contributed by atoms with Gasteiger partial charge in [-0.1, -0.05) is 27.2 Å². The van der Waals surface area contributed by atoms with Gasteiger partial charge in [0.1, 0.15) is 0 Å². The molecule has 1 heteroatoms. The second-order valence-corrected chi connectivity index (χ2v) is 7.92. The Morgan fingerprint density at radius 1 is 1.00 bits per heavy atom. The lowest BCUT2D eigenvalue weighted by Gasteiger charge is -2.70. The van der Waals surface area contributed by atoms with Crippen molar-refractivity contribution in [2.24, 2.45) is 22.2 Å². The summed E-state index contributed by atoms with van der Waals surface area (Å²) in [6.07, 6.45) is 7.52. The van der Waals surface area contributed by atoms with Gasteiger partial charge in [-0.3, -0.25) is 0 Å². The quantitative estimate of drug-likeness (QED) is 0.662. The minimum absolute atomic E-state index is 0.252. The van der Waals surface area contributed by atoms with Crippen LogP contribution in [0, 0.1) is 22.2 Å². The van der Waals surface area contributed by atoms with Gasteiger partial charge in [-0.15, -0.1) is 0 Å². The van der Waals surface area contributed by atoms with Crippen LogP contribution in [0.25, 0.3) is 0 Å². The van der Waals surface area contributed by atoms with Gasteiger partial charge in [0.05, 0.1) is 5.60 Å². The van der Waals surface area contributed by atoms with E-state index in [2.05, 4.69) is 27.7 Å². The second kappa shape index (κ2) is 2.68. The largest absolute Gasteiger partial charge is 0.390 e. The van der Waals surface area contributed by atoms with Gasteiger partial charge in [-0.25, -0.2) is 0 Å². The molecule has 3 fully saturated rings. The van der Waals surface area contributed by atoms with Crippen LogP contribution in [0.4, 0.5) is 0 Å². The van der Waals surface area contributed by atoms with E-state index in [9.17, 15) is 5.11 Å². The van der Waals surface area contributed by atoms with Crippen molar-refractivity contribution >= 4 is 0 Å². The molecule has 3 aliphatic rings. The summed E-state index contributed by atoms with van der Waals surface area (Å²) in [5.74, 6) is 0.764. The van der Waals surface area contributed by atoms with Crippen molar-refractivity contribution in [3.8, 4) is 0 Å². The third-order valence-electron chi connectivity index (χ3n) is 6.69. The predicted octanol–water partition coefficient (Wildman–Crippen LogP) is 3.75. The minimum atomic E-state index is -0.406. The molecule has 0 amide bonds. The first-order valence-corrected chi connectivity index (χ1v) is 6.98. The summed E-state index contributed by atoms with van der Waals surface area (Å²) >= 11 is 0. The zero-order chi connectivity index (χ0) is 11.8. The minimum Gasteiger partial charge on any atom is -0.390 e. The van der Waals surface area contributed by atoms with E-state index in [0.29, 0.717) is 10.8 Å². The summed E-state index contributed by atoms with van der Waals surface area (Å²) in [4.78, 5) is 0. The first-order chi connectivity index (χ1) is 7.25. The maximum Gasteiger partial charge on any atom is 0.0684 e. The highest BCUT2D eigenvalue weighted by Crippen LogP contribution is 2.79. The molecular formula is C15H26O. The molecular weight excluding hydrogens is 196 g/mol. The Hall–Kier alpha value is -0.0400. The molecule has 0 saturated heterocycles. The molecule has 3 rings (SSSR count). The maximum absolute atomic E-state index is 10.9. The molecule has 1 unspecified atom stereocenters. The second-order valence-electron chi connectivity index (χ2n) is 7.92. The van der Waals surface area contributed by atoms with Crippen molar-refractivity contribution in [1.82, 2.24) is 0 Å². The molecule has 92 valence electrons. The molecule has 0 radical (unpaired) electrons. The van der Waals surface area contributed by atoms with Crippen molar-refractivity contribution in [3.05, 3.63) is 0 Å². The number of rotatable bonds is 0. The van der Waals surface area contributed by atoms with Gasteiger partial charge in [0.2, 0.25) is 0 Å². The fourth-order valence-corrected chi connectivity index (χ4v) is 6.07. The van der Waals surface area contributed by atoms with Gasteiger partial charge >= 0.3 is 0 Å². The van der Waals surface area contributed by atoms with Crippen LogP contribution in [-0.4, -0.2) is 10.7 Å². The number of aliphatic hydroxyl groups is 1. The smallest absolute Gasteiger partial charge is 0.0684 e. The highest BCUT2D eigenvalue weighted by atomic mass is 16.3. The molecule has 0 aromatic heterocycles. The molecule has 0 aromatic rings. The Bertz CT molecular complexity index is 330. The van der Waals surface area contributed by atoms with E-state index < -0.39 is 5.60 Å². The Morgan fingerprint density at radius 2 is 1.69 bits per heavy atom. The van der Waals surface area contributed by atoms with Gasteiger partial charge < -0.3 is 5.11 Å². The van der Waals surface area contributed by atoms with Gasteiger partial charge in [0, 0.05) is 5.41 Å². The van der Waals surface area contributed by atoms with Crippen molar-refractivity contribution in [3.63, 3.8) is 0 Å². The Labute approximate surface area is 99.6 Å². The van der Waals surface area contributed by atoms with Crippen molar-refractivity contribution < 1.29 is 5.11 Å². The SMILES string of the molecule is CC1(C)CC23[C@H]1CC[C@@]2(C)CCC[C@]3(C)O. The topological polar surface area (TPSA) is 20.2 Å². The molecule has 0 heterocycles. The summed E-state index contributed by atoms with van der Waals surface area (Å²) in [6.45, 7) is 9.38. The Kier molecular flexibility index (Phi) is 1.86. The van der Waals surface area contributed by atoms with Crippen LogP contribution in [-0.2, 0) is 0 Å². The maximum atomic E-state index is 10.9. The highest BCUT2D eigenvalue weighted by molar-refractivity contribution is 5.24. The first kappa shape index (κ1) is 11.1. The van der Waals surface area contributed by atoms with Crippen molar-refractivity contribution in [1.29, 1.82) is 0 Å². The first-order valence-electron chi connectivity index (χ1n) is 6.98. The van der Waals surface area contributed by atoms with Gasteiger partial charge in [-0.05, 0) is 55.8 Å². The van der Waals surface area contributed by atoms with E-state index in [-0.39, 0.29) is 5.41 Å². The standard InChI is InChI=1S/C15H26O/c1-12(2)10-15-11(12)6-9-13(15,3)7-5-8-14(15,4)16/h11,16H,5-10H2,1-4H3/t11-,13+,14-,15?/m0/s1. The molecule has 3 saturated carbocycles. The summed E-state index contributed by atoms with van der Waals surface area (Å²) in [5, 5.41) is 10.9. The Morgan fingerprint density at radius 3 is 2.31 bits per heavy atom. The molecule has 1 spiro atoms. The monoisotopic (exact) mass is 222 g/mol. The van der Waals surface area contributed by atoms with Crippen LogP contribution in [0.15, 0.2) is 0 Å². The fourth-order valence-electron chi connectivity index (χ4n) is 6.07. The van der Waals surface area contributed by atoms with Crippen LogP contribution in [0.5, 0.6) is 0 Å². The third kappa shape index (κ3) is 0.939. The van der Waals surface area contributed by atoms with E-state index >= 15 is 0 Å². The summed E-state index contributed by atoms with van der Waals surface area (Å²) in [7, 11) is 0. The van der Waals surface area contributed by atoms with Gasteiger partial charge in [0.25, 0.3) is 0 Å². The van der Waals surface area contributed by atoms with E-state index in [0.717, 1.165) is 12.3 Å². The molecule has 0 bridgehead atoms. The summed E-state index contributed by atoms with van der Waals surface area (Å²) in [6, 6.07) is 0. The van der Waals surface area contributed by atoms with E-state index in [1.165, 1.54) is 32.1 Å². The van der Waals surface area contributed by atoms with Crippen LogP contribution in [0.2, 0.25) is 0 Å². The lowest BCUT2D eigenvalue weighted by molar-refractivity contribution is -0.267. The average Bonchev–Trinajstić information content (AvgIpc) is 2.36. The molecule has 4 atom stereocenters. The molecule has 16 heavy (non-hydrogen) atoms. The predicted molar refractivity (Wildman–Crippen MR) is 66.1 cm³/mol. The van der Waals surface area contributed by atoms with Crippen LogP contribution >= 0.6 is 0 Å². The normalized spacial score (nSPS) is 58.7. The van der Waals surface area contributed by atoms with Crippen LogP contribution in [0.3, 0.4) is 0 Å². The molecule has 0 aromatic carbocycles. The van der Waals surface area contributed by atoms with E-state index in [4.69, 9.17) is 0 Å². The van der Waals surface area contributed by atoms with E-state index in [1.807, 2.05) is 0 Å². The van der Waals surface area contributed by atoms with Crippen LogP contribution < -0.4 is 0 Å². The zero-order valence-electron chi connectivity index (χ0n) is 11.3. The fraction of sp³-hybridized carbons (Fsp3) is 1.00. The lowest BCUT2D eigenvalue weighted by Crippen LogP contribution is -2.68. The van der Waals surface area contributed by atoms with Crippen LogP contribution in [0.1, 0.15) is 66.2 Å². The lowest BCUT2D eigenvalue weighted by atomic mass is 9.35. The zero-order valence-corrected chi connectivity index (χ0v) is 11.3. The molecule has 3 aliphatic carbocycles.